The predicted molar refractivity (Wildman–Crippen MR) is 53.3 cm³/mol. The zero-order chi connectivity index (χ0) is 9.80. The third-order valence-corrected chi connectivity index (χ3v) is 1.91. The summed E-state index contributed by atoms with van der Waals surface area (Å²) in [5.41, 5.74) is 0.871. The van der Waals surface area contributed by atoms with Crippen LogP contribution in [0.25, 0.3) is 10.9 Å². The van der Waals surface area contributed by atoms with Gasteiger partial charge in [0, 0.05) is 11.6 Å². The number of carbonyl (C=O) groups excluding carboxylic acids is 1. The first kappa shape index (κ1) is 8.69. The number of hydrogen-bond donors (Lipinski definition) is 0. The molecular weight excluding hydrogens is 178 g/mol. The highest BCUT2D eigenvalue weighted by Crippen LogP contribution is 2.23. The van der Waals surface area contributed by atoms with Crippen LogP contribution in [-0.4, -0.2) is 17.9 Å². The minimum Gasteiger partial charge on any atom is -0.485 e. The Bertz CT molecular complexity index is 448. The monoisotopic (exact) mass is 187 g/mol. The van der Waals surface area contributed by atoms with Gasteiger partial charge in [-0.15, -0.1) is 0 Å². The van der Waals surface area contributed by atoms with Crippen molar-refractivity contribution in [3.63, 3.8) is 0 Å². The van der Waals surface area contributed by atoms with E-state index in [0.717, 1.165) is 17.2 Å². The molecule has 0 aliphatic rings. The van der Waals surface area contributed by atoms with Crippen molar-refractivity contribution in [3.8, 4) is 5.75 Å². The number of nitrogens with zero attached hydrogens (tertiary/aromatic N) is 1. The van der Waals surface area contributed by atoms with Gasteiger partial charge >= 0.3 is 0 Å². The molecule has 14 heavy (non-hydrogen) atoms. The Balaban J connectivity index is 2.48. The van der Waals surface area contributed by atoms with Gasteiger partial charge in [-0.1, -0.05) is 6.07 Å². The van der Waals surface area contributed by atoms with Gasteiger partial charge in [-0.3, -0.25) is 9.78 Å². The molecular formula is C11H9NO2. The molecule has 0 saturated carbocycles. The van der Waals surface area contributed by atoms with E-state index in [-0.39, 0.29) is 6.61 Å². The molecule has 70 valence electrons. The molecule has 1 aromatic heterocycles. The maximum atomic E-state index is 10.2. The Morgan fingerprint density at radius 1 is 1.29 bits per heavy atom. The molecule has 2 aromatic rings. The van der Waals surface area contributed by atoms with E-state index in [4.69, 9.17) is 4.74 Å². The van der Waals surface area contributed by atoms with Crippen molar-refractivity contribution in [1.82, 2.24) is 4.98 Å². The fourth-order valence-electron chi connectivity index (χ4n) is 1.32. The zero-order valence-electron chi connectivity index (χ0n) is 7.51. The molecule has 2 rings (SSSR count). The highest BCUT2D eigenvalue weighted by atomic mass is 16.5. The van der Waals surface area contributed by atoms with E-state index in [2.05, 4.69) is 4.98 Å². The minimum atomic E-state index is 0.0774. The van der Waals surface area contributed by atoms with Gasteiger partial charge in [0.1, 0.15) is 12.4 Å². The lowest BCUT2D eigenvalue weighted by atomic mass is 10.2. The number of pyridine rings is 1. The Hall–Kier alpha value is -1.90. The number of aldehydes is 1. The van der Waals surface area contributed by atoms with Crippen LogP contribution in [-0.2, 0) is 4.79 Å². The van der Waals surface area contributed by atoms with Crippen molar-refractivity contribution < 1.29 is 9.53 Å². The normalized spacial score (nSPS) is 10.0. The van der Waals surface area contributed by atoms with Gasteiger partial charge in [0.2, 0.25) is 0 Å². The summed E-state index contributed by atoms with van der Waals surface area (Å²) in [7, 11) is 0. The van der Waals surface area contributed by atoms with E-state index in [0.29, 0.717) is 5.75 Å². The Morgan fingerprint density at radius 3 is 3.07 bits per heavy atom. The third-order valence-electron chi connectivity index (χ3n) is 1.91. The Labute approximate surface area is 81.3 Å². The first-order valence-electron chi connectivity index (χ1n) is 4.32. The first-order chi connectivity index (χ1) is 6.92. The molecule has 1 heterocycles. The summed E-state index contributed by atoms with van der Waals surface area (Å²) in [4.78, 5) is 14.4. The molecule has 3 heteroatoms. The van der Waals surface area contributed by atoms with Crippen molar-refractivity contribution >= 4 is 17.2 Å². The van der Waals surface area contributed by atoms with Gasteiger partial charge in [0.15, 0.2) is 6.29 Å². The van der Waals surface area contributed by atoms with Crippen molar-refractivity contribution in [2.24, 2.45) is 0 Å². The van der Waals surface area contributed by atoms with Crippen LogP contribution in [0.4, 0.5) is 0 Å². The summed E-state index contributed by atoms with van der Waals surface area (Å²) in [5, 5.41) is 0.928. The molecule has 0 spiro atoms. The fraction of sp³-hybridized carbons (Fsp3) is 0.0909. The molecule has 0 atom stereocenters. The topological polar surface area (TPSA) is 39.2 Å². The predicted octanol–water partition coefficient (Wildman–Crippen LogP) is 1.81. The molecule has 0 bridgehead atoms. The van der Waals surface area contributed by atoms with Gasteiger partial charge in [0.25, 0.3) is 0 Å². The van der Waals surface area contributed by atoms with E-state index in [9.17, 15) is 4.79 Å². The number of hydrogen-bond acceptors (Lipinski definition) is 3. The van der Waals surface area contributed by atoms with Crippen molar-refractivity contribution in [1.29, 1.82) is 0 Å². The maximum Gasteiger partial charge on any atom is 0.157 e. The van der Waals surface area contributed by atoms with E-state index < -0.39 is 0 Å². The van der Waals surface area contributed by atoms with Crippen molar-refractivity contribution in [2.75, 3.05) is 6.61 Å². The van der Waals surface area contributed by atoms with E-state index in [1.807, 2.05) is 30.3 Å². The number of carbonyl (C=O) groups is 1. The highest BCUT2D eigenvalue weighted by Gasteiger charge is 2.00. The summed E-state index contributed by atoms with van der Waals surface area (Å²) < 4.78 is 5.26. The molecule has 0 aliphatic carbocycles. The molecule has 1 aromatic carbocycles. The second-order valence-corrected chi connectivity index (χ2v) is 2.80. The summed E-state index contributed by atoms with van der Waals surface area (Å²) in [6.07, 6.45) is 2.46. The molecule has 0 fully saturated rings. The molecule has 0 saturated heterocycles. The second kappa shape index (κ2) is 3.87. The van der Waals surface area contributed by atoms with Crippen LogP contribution < -0.4 is 4.74 Å². The molecule has 0 amide bonds. The maximum absolute atomic E-state index is 10.2. The van der Waals surface area contributed by atoms with Gasteiger partial charge in [0.05, 0.1) is 5.52 Å². The van der Waals surface area contributed by atoms with E-state index in [1.165, 1.54) is 0 Å². The van der Waals surface area contributed by atoms with E-state index >= 15 is 0 Å². The van der Waals surface area contributed by atoms with Gasteiger partial charge in [-0.05, 0) is 24.3 Å². The Morgan fingerprint density at radius 2 is 2.21 bits per heavy atom. The number of aromatic nitrogens is 1. The van der Waals surface area contributed by atoms with Crippen molar-refractivity contribution in [2.45, 2.75) is 0 Å². The highest BCUT2D eigenvalue weighted by molar-refractivity contribution is 5.84. The van der Waals surface area contributed by atoms with Crippen LogP contribution >= 0.6 is 0 Å². The van der Waals surface area contributed by atoms with Crippen LogP contribution in [0.1, 0.15) is 0 Å². The number of benzene rings is 1. The summed E-state index contributed by atoms with van der Waals surface area (Å²) in [6.45, 7) is 0.0774. The lowest BCUT2D eigenvalue weighted by Gasteiger charge is -2.05. The van der Waals surface area contributed by atoms with Crippen LogP contribution in [0.2, 0.25) is 0 Å². The second-order valence-electron chi connectivity index (χ2n) is 2.80. The quantitative estimate of drug-likeness (QED) is 0.688. The molecule has 0 N–H and O–H groups in total. The zero-order valence-corrected chi connectivity index (χ0v) is 7.51. The van der Waals surface area contributed by atoms with E-state index in [1.54, 1.807) is 6.20 Å². The Kier molecular flexibility index (Phi) is 2.40. The molecule has 0 aliphatic heterocycles. The average Bonchev–Trinajstić information content (AvgIpc) is 2.26. The number of fused-ring (bicyclic) bond motifs is 1. The fourth-order valence-corrected chi connectivity index (χ4v) is 1.32. The molecule has 0 unspecified atom stereocenters. The molecule has 3 nitrogen and oxygen atoms in total. The minimum absolute atomic E-state index is 0.0774. The molecule has 0 radical (unpaired) electrons. The average molecular weight is 187 g/mol. The van der Waals surface area contributed by atoms with Crippen LogP contribution in [0.5, 0.6) is 5.75 Å². The van der Waals surface area contributed by atoms with Crippen molar-refractivity contribution in [3.05, 3.63) is 36.5 Å². The first-order valence-corrected chi connectivity index (χ1v) is 4.32. The van der Waals surface area contributed by atoms with Gasteiger partial charge in [-0.25, -0.2) is 0 Å². The van der Waals surface area contributed by atoms with Gasteiger partial charge in [-0.2, -0.15) is 0 Å². The lowest BCUT2D eigenvalue weighted by molar-refractivity contribution is -0.109. The van der Waals surface area contributed by atoms with Gasteiger partial charge < -0.3 is 4.74 Å². The summed E-state index contributed by atoms with van der Waals surface area (Å²) in [5.74, 6) is 0.697. The number of ether oxygens (including phenoxy) is 1. The number of rotatable bonds is 3. The standard InChI is InChI=1S/C11H9NO2/c13-7-8-14-11-5-1-4-10-9(11)3-2-6-12-10/h1-7H,8H2. The third kappa shape index (κ3) is 1.57. The van der Waals surface area contributed by atoms with Crippen LogP contribution in [0.3, 0.4) is 0 Å². The summed E-state index contributed by atoms with van der Waals surface area (Å²) in [6, 6.07) is 9.35. The smallest absolute Gasteiger partial charge is 0.157 e. The lowest BCUT2D eigenvalue weighted by Crippen LogP contribution is -1.98. The van der Waals surface area contributed by atoms with Crippen LogP contribution in [0, 0.1) is 0 Å². The largest absolute Gasteiger partial charge is 0.485 e. The SMILES string of the molecule is O=CCOc1cccc2ncccc12. The summed E-state index contributed by atoms with van der Waals surface area (Å²) >= 11 is 0. The van der Waals surface area contributed by atoms with Crippen LogP contribution in [0.15, 0.2) is 36.5 Å².